The number of aliphatic hydroxyl groups is 1. The molecular formula is C21H25KN2O4S. The van der Waals surface area contributed by atoms with Gasteiger partial charge >= 0.3 is 51.4 Å². The second kappa shape index (κ2) is 9.12. The number of aliphatic hydroxyl groups excluding tert-OH is 1. The van der Waals surface area contributed by atoms with Gasteiger partial charge in [-0.25, -0.2) is 0 Å². The van der Waals surface area contributed by atoms with Gasteiger partial charge in [0.05, 0.1) is 29.7 Å². The monoisotopic (exact) mass is 440 g/mol. The predicted octanol–water partition coefficient (Wildman–Crippen LogP) is -2.01. The fourth-order valence-electron chi connectivity index (χ4n) is 4.65. The number of carboxylic acids is 1. The van der Waals surface area contributed by atoms with E-state index in [9.17, 15) is 19.8 Å². The maximum absolute atomic E-state index is 12.4. The number of β-lactam (4-membered cyclic amide) rings is 1. The van der Waals surface area contributed by atoms with Crippen molar-refractivity contribution in [3.05, 3.63) is 46.5 Å². The van der Waals surface area contributed by atoms with Crippen LogP contribution in [0.15, 0.2) is 40.9 Å². The first kappa shape index (κ1) is 23.5. The van der Waals surface area contributed by atoms with E-state index in [1.54, 1.807) is 18.7 Å². The van der Waals surface area contributed by atoms with Gasteiger partial charge in [0.25, 0.3) is 0 Å². The van der Waals surface area contributed by atoms with Crippen LogP contribution in [0.2, 0.25) is 0 Å². The molecule has 0 saturated carbocycles. The summed E-state index contributed by atoms with van der Waals surface area (Å²) in [5, 5.41) is 22.0. The topological polar surface area (TPSA) is 83.9 Å². The zero-order valence-electron chi connectivity index (χ0n) is 17.2. The quantitative estimate of drug-likeness (QED) is 0.407. The number of hydrogen-bond acceptors (Lipinski definition) is 6. The van der Waals surface area contributed by atoms with E-state index < -0.39 is 18.0 Å². The van der Waals surface area contributed by atoms with Gasteiger partial charge in [-0.3, -0.25) is 9.69 Å². The number of likely N-dealkylation sites (tertiary alicyclic amines) is 1. The van der Waals surface area contributed by atoms with Crippen LogP contribution >= 0.6 is 11.8 Å². The van der Waals surface area contributed by atoms with Crippen LogP contribution in [0.25, 0.3) is 0 Å². The molecule has 0 aromatic heterocycles. The second-order valence-electron chi connectivity index (χ2n) is 8.03. The van der Waals surface area contributed by atoms with Gasteiger partial charge < -0.3 is 19.9 Å². The molecule has 0 spiro atoms. The summed E-state index contributed by atoms with van der Waals surface area (Å²) in [6.45, 7) is 7.45. The number of amides is 1. The van der Waals surface area contributed by atoms with Gasteiger partial charge in [-0.05, 0) is 19.4 Å². The van der Waals surface area contributed by atoms with E-state index in [4.69, 9.17) is 0 Å². The Morgan fingerprint density at radius 2 is 1.86 bits per heavy atom. The third-order valence-electron chi connectivity index (χ3n) is 6.30. The molecule has 150 valence electrons. The van der Waals surface area contributed by atoms with Gasteiger partial charge in [0.2, 0.25) is 5.91 Å². The summed E-state index contributed by atoms with van der Waals surface area (Å²) >= 11 is 1.56. The van der Waals surface area contributed by atoms with Crippen LogP contribution in [0.5, 0.6) is 0 Å². The van der Waals surface area contributed by atoms with Gasteiger partial charge in [0.15, 0.2) is 0 Å². The molecule has 3 aliphatic rings. The molecule has 4 rings (SSSR count). The molecule has 29 heavy (non-hydrogen) atoms. The second-order valence-corrected chi connectivity index (χ2v) is 9.38. The average molecular weight is 441 g/mol. The molecule has 3 heterocycles. The average Bonchev–Trinajstić information content (AvgIpc) is 2.86. The zero-order valence-corrected chi connectivity index (χ0v) is 21.2. The van der Waals surface area contributed by atoms with Crippen LogP contribution in [-0.4, -0.2) is 57.3 Å². The van der Waals surface area contributed by atoms with E-state index in [0.717, 1.165) is 18.0 Å². The maximum atomic E-state index is 12.4. The fourth-order valence-corrected chi connectivity index (χ4v) is 6.19. The smallest absolute Gasteiger partial charge is 0.543 e. The molecule has 0 radical (unpaired) electrons. The Morgan fingerprint density at radius 1 is 1.24 bits per heavy atom. The molecule has 1 N–H and O–H groups in total. The van der Waals surface area contributed by atoms with Crippen LogP contribution in [0.4, 0.5) is 0 Å². The first-order chi connectivity index (χ1) is 13.3. The van der Waals surface area contributed by atoms with E-state index in [0.29, 0.717) is 6.04 Å². The molecular weight excluding hydrogens is 415 g/mol. The van der Waals surface area contributed by atoms with E-state index in [-0.39, 0.29) is 80.2 Å². The summed E-state index contributed by atoms with van der Waals surface area (Å²) in [7, 11) is 0. The number of nitrogens with zero attached hydrogens (tertiary/aromatic N) is 2. The summed E-state index contributed by atoms with van der Waals surface area (Å²) in [5.74, 6) is -2.24. The fraction of sp³-hybridized carbons (Fsp3) is 0.524. The van der Waals surface area contributed by atoms with Crippen LogP contribution in [0.3, 0.4) is 0 Å². The number of fused-ring (bicyclic) bond motifs is 1. The molecule has 6 nitrogen and oxygen atoms in total. The summed E-state index contributed by atoms with van der Waals surface area (Å²) in [4.78, 5) is 28.6. The molecule has 0 aliphatic carbocycles. The zero-order chi connectivity index (χ0) is 20.2. The van der Waals surface area contributed by atoms with E-state index in [1.165, 1.54) is 10.5 Å². The van der Waals surface area contributed by atoms with Crippen LogP contribution in [-0.2, 0) is 9.59 Å². The van der Waals surface area contributed by atoms with Crippen molar-refractivity contribution in [2.24, 2.45) is 11.8 Å². The van der Waals surface area contributed by atoms with Crippen molar-refractivity contribution in [1.29, 1.82) is 0 Å². The molecule has 5 atom stereocenters. The molecule has 1 aromatic rings. The number of carboxylic acid groups (broad SMARTS) is 1. The Morgan fingerprint density at radius 3 is 2.41 bits per heavy atom. The molecule has 1 amide bonds. The normalized spacial score (nSPS) is 28.9. The number of aliphatic carboxylic acids is 1. The third kappa shape index (κ3) is 4.03. The molecule has 2 saturated heterocycles. The van der Waals surface area contributed by atoms with Crippen molar-refractivity contribution in [2.75, 3.05) is 13.1 Å². The number of carbonyl (C=O) groups excluding carboxylic acids is 2. The van der Waals surface area contributed by atoms with Gasteiger partial charge in [-0.1, -0.05) is 37.3 Å². The van der Waals surface area contributed by atoms with E-state index in [1.807, 2.05) is 25.1 Å². The number of thioether (sulfide) groups is 1. The minimum Gasteiger partial charge on any atom is -0.543 e. The SMILES string of the molecule is C[C@@H](O)[C@H]1C(=O)N2C(C(=O)[O-])=C(SC3CN([C@@H](C)c4ccccc4)C3)[C@H](C)[C@H]12.[K+]. The summed E-state index contributed by atoms with van der Waals surface area (Å²) in [6.07, 6.45) is -0.783. The minimum absolute atomic E-state index is 0. The maximum Gasteiger partial charge on any atom is 1.00 e. The van der Waals surface area contributed by atoms with Crippen molar-refractivity contribution in [3.8, 4) is 0 Å². The number of hydrogen-bond donors (Lipinski definition) is 1. The third-order valence-corrected chi connectivity index (χ3v) is 7.75. The molecule has 0 unspecified atom stereocenters. The predicted molar refractivity (Wildman–Crippen MR) is 105 cm³/mol. The summed E-state index contributed by atoms with van der Waals surface area (Å²) in [5.41, 5.74) is 1.28. The first-order valence-corrected chi connectivity index (χ1v) is 10.6. The Bertz CT molecular complexity index is 825. The van der Waals surface area contributed by atoms with Gasteiger partial charge in [-0.2, -0.15) is 0 Å². The Hall–Kier alpha value is -0.194. The molecule has 2 fully saturated rings. The summed E-state index contributed by atoms with van der Waals surface area (Å²) in [6, 6.07) is 10.4. The molecule has 3 aliphatic heterocycles. The number of benzene rings is 1. The molecule has 0 bridgehead atoms. The van der Waals surface area contributed by atoms with Crippen LogP contribution in [0.1, 0.15) is 32.4 Å². The number of carbonyl (C=O) groups is 2. The number of rotatable bonds is 6. The first-order valence-electron chi connectivity index (χ1n) is 9.73. The van der Waals surface area contributed by atoms with Gasteiger partial charge in [0, 0.05) is 35.2 Å². The Balaban J connectivity index is 0.00000240. The Kier molecular flexibility index (Phi) is 7.38. The van der Waals surface area contributed by atoms with Crippen LogP contribution < -0.4 is 56.5 Å². The van der Waals surface area contributed by atoms with Crippen molar-refractivity contribution in [3.63, 3.8) is 0 Å². The van der Waals surface area contributed by atoms with Crippen molar-refractivity contribution >= 4 is 23.6 Å². The van der Waals surface area contributed by atoms with Crippen LogP contribution in [0, 0.1) is 11.8 Å². The van der Waals surface area contributed by atoms with Crippen molar-refractivity contribution in [1.82, 2.24) is 9.80 Å². The molecule has 1 aromatic carbocycles. The van der Waals surface area contributed by atoms with E-state index >= 15 is 0 Å². The molecule has 8 heteroatoms. The van der Waals surface area contributed by atoms with Gasteiger partial charge in [0.1, 0.15) is 0 Å². The van der Waals surface area contributed by atoms with Crippen molar-refractivity contribution < 1.29 is 71.2 Å². The minimum atomic E-state index is -1.30. The van der Waals surface area contributed by atoms with Crippen molar-refractivity contribution in [2.45, 2.75) is 44.2 Å². The van der Waals surface area contributed by atoms with E-state index in [2.05, 4.69) is 24.0 Å². The largest absolute Gasteiger partial charge is 1.00 e. The Labute approximate surface area is 218 Å². The van der Waals surface area contributed by atoms with Gasteiger partial charge in [-0.15, -0.1) is 11.8 Å². The summed E-state index contributed by atoms with van der Waals surface area (Å²) < 4.78 is 0. The standard InChI is InChI=1S/C21H26N2O4S.K/c1-11-17-16(13(3)24)20(25)23(17)18(21(26)27)19(11)28-15-9-22(10-15)12(2)14-7-5-4-6-8-14;/h4-8,11-13,15-17,24H,9-10H2,1-3H3,(H,26,27);/q;+1/p-1/t11-,12+,13-,16-,17-;/m1./s1.